The minimum absolute atomic E-state index is 0.0335. The van der Waals surface area contributed by atoms with Gasteiger partial charge >= 0.3 is 0 Å². The fourth-order valence-corrected chi connectivity index (χ4v) is 1.52. The van der Waals surface area contributed by atoms with Gasteiger partial charge in [-0.25, -0.2) is 4.98 Å². The molecular formula is C11H20N4O2. The highest BCUT2D eigenvalue weighted by Crippen LogP contribution is 2.07. The first-order valence-corrected chi connectivity index (χ1v) is 5.83. The molecule has 1 unspecified atom stereocenters. The van der Waals surface area contributed by atoms with Gasteiger partial charge in [0, 0.05) is 7.11 Å². The van der Waals surface area contributed by atoms with Crippen LogP contribution < -0.4 is 5.32 Å². The van der Waals surface area contributed by atoms with Crippen molar-refractivity contribution in [2.45, 2.75) is 32.7 Å². The van der Waals surface area contributed by atoms with Gasteiger partial charge in [-0.3, -0.25) is 0 Å². The van der Waals surface area contributed by atoms with E-state index in [-0.39, 0.29) is 12.6 Å². The molecule has 1 atom stereocenters. The Kier molecular flexibility index (Phi) is 5.79. The summed E-state index contributed by atoms with van der Waals surface area (Å²) < 4.78 is 4.97. The average molecular weight is 240 g/mol. The third-order valence-corrected chi connectivity index (χ3v) is 2.43. The lowest BCUT2D eigenvalue weighted by Gasteiger charge is -2.15. The van der Waals surface area contributed by atoms with Gasteiger partial charge < -0.3 is 15.2 Å². The normalized spacial score (nSPS) is 12.5. The van der Waals surface area contributed by atoms with Gasteiger partial charge in [0.2, 0.25) is 5.95 Å². The second-order valence-electron chi connectivity index (χ2n) is 3.72. The van der Waals surface area contributed by atoms with Crippen molar-refractivity contribution in [1.82, 2.24) is 15.2 Å². The van der Waals surface area contributed by atoms with Crippen LogP contribution in [0.3, 0.4) is 0 Å². The van der Waals surface area contributed by atoms with E-state index >= 15 is 0 Å². The third-order valence-electron chi connectivity index (χ3n) is 2.43. The summed E-state index contributed by atoms with van der Waals surface area (Å²) in [5, 5.41) is 20.2. The number of nitrogens with one attached hydrogen (secondary N) is 1. The van der Waals surface area contributed by atoms with Gasteiger partial charge in [0.15, 0.2) is 0 Å². The summed E-state index contributed by atoms with van der Waals surface area (Å²) in [5.74, 6) is 0.440. The molecule has 96 valence electrons. The fourth-order valence-electron chi connectivity index (χ4n) is 1.52. The predicted octanol–water partition coefficient (Wildman–Crippen LogP) is 0.416. The molecular weight excluding hydrogens is 220 g/mol. The Labute approximate surface area is 101 Å². The van der Waals surface area contributed by atoms with Crippen molar-refractivity contribution in [2.24, 2.45) is 0 Å². The lowest BCUT2D eigenvalue weighted by atomic mass is 10.2. The Balaban J connectivity index is 2.77. The summed E-state index contributed by atoms with van der Waals surface area (Å²) in [6, 6.07) is -0.209. The second kappa shape index (κ2) is 7.13. The van der Waals surface area contributed by atoms with Crippen molar-refractivity contribution in [3.63, 3.8) is 0 Å². The zero-order valence-corrected chi connectivity index (χ0v) is 10.6. The van der Waals surface area contributed by atoms with Gasteiger partial charge in [-0.2, -0.15) is 5.10 Å². The number of aliphatic hydroxyl groups is 1. The van der Waals surface area contributed by atoms with Crippen molar-refractivity contribution in [2.75, 3.05) is 25.6 Å². The van der Waals surface area contributed by atoms with Gasteiger partial charge in [0.1, 0.15) is 0 Å². The van der Waals surface area contributed by atoms with E-state index in [0.29, 0.717) is 12.6 Å². The highest BCUT2D eigenvalue weighted by molar-refractivity contribution is 5.27. The molecule has 0 fully saturated rings. The maximum Gasteiger partial charge on any atom is 0.243 e. The van der Waals surface area contributed by atoms with Crippen LogP contribution in [0.15, 0.2) is 0 Å². The van der Waals surface area contributed by atoms with Crippen molar-refractivity contribution in [1.29, 1.82) is 0 Å². The zero-order chi connectivity index (χ0) is 12.7. The molecule has 0 bridgehead atoms. The molecule has 17 heavy (non-hydrogen) atoms. The van der Waals surface area contributed by atoms with Crippen LogP contribution in [-0.2, 0) is 17.6 Å². The SMILES string of the molecule is CCc1nnc(NC(CO)COC)nc1CC. The quantitative estimate of drug-likeness (QED) is 0.719. The summed E-state index contributed by atoms with van der Waals surface area (Å²) in [6.07, 6.45) is 1.65. The number of aryl methyl sites for hydroxylation is 2. The average Bonchev–Trinajstić information content (AvgIpc) is 2.38. The number of anilines is 1. The molecule has 0 spiro atoms. The number of hydrogen-bond donors (Lipinski definition) is 2. The first-order chi connectivity index (χ1) is 8.24. The van der Waals surface area contributed by atoms with E-state index in [2.05, 4.69) is 20.5 Å². The number of aromatic nitrogens is 3. The van der Waals surface area contributed by atoms with Crippen LogP contribution in [0, 0.1) is 0 Å². The van der Waals surface area contributed by atoms with E-state index in [1.807, 2.05) is 13.8 Å². The molecule has 0 aliphatic carbocycles. The molecule has 0 aliphatic heterocycles. The molecule has 1 heterocycles. The van der Waals surface area contributed by atoms with Crippen LogP contribution in [0.5, 0.6) is 0 Å². The first kappa shape index (κ1) is 13.8. The fraction of sp³-hybridized carbons (Fsp3) is 0.727. The number of aliphatic hydroxyl groups excluding tert-OH is 1. The standard InChI is InChI=1S/C11H20N4O2/c1-4-9-10(5-2)14-15-11(13-9)12-8(6-16)7-17-3/h8,16H,4-7H2,1-3H3,(H,12,13,15). The van der Waals surface area contributed by atoms with Gasteiger partial charge in [-0.1, -0.05) is 13.8 Å². The van der Waals surface area contributed by atoms with Crippen LogP contribution in [0.1, 0.15) is 25.2 Å². The third kappa shape index (κ3) is 3.90. The van der Waals surface area contributed by atoms with Gasteiger partial charge in [-0.15, -0.1) is 5.10 Å². The maximum atomic E-state index is 9.13. The minimum Gasteiger partial charge on any atom is -0.394 e. The van der Waals surface area contributed by atoms with Crippen LogP contribution in [-0.4, -0.2) is 46.7 Å². The number of methoxy groups -OCH3 is 1. The molecule has 0 aliphatic rings. The van der Waals surface area contributed by atoms with Crippen molar-refractivity contribution in [3.8, 4) is 0 Å². The van der Waals surface area contributed by atoms with E-state index in [0.717, 1.165) is 24.2 Å². The summed E-state index contributed by atoms with van der Waals surface area (Å²) in [6.45, 7) is 4.43. The minimum atomic E-state index is -0.209. The van der Waals surface area contributed by atoms with E-state index in [1.54, 1.807) is 7.11 Å². The Bertz CT molecular complexity index is 346. The molecule has 0 saturated carbocycles. The Hall–Kier alpha value is -1.27. The lowest BCUT2D eigenvalue weighted by Crippen LogP contribution is -2.30. The Morgan fingerprint density at radius 1 is 1.24 bits per heavy atom. The van der Waals surface area contributed by atoms with Crippen molar-refractivity contribution in [3.05, 3.63) is 11.4 Å². The molecule has 0 radical (unpaired) electrons. The molecule has 0 saturated heterocycles. The molecule has 6 heteroatoms. The number of ether oxygens (including phenoxy) is 1. The Morgan fingerprint density at radius 2 is 1.94 bits per heavy atom. The summed E-state index contributed by atoms with van der Waals surface area (Å²) in [5.41, 5.74) is 1.87. The predicted molar refractivity (Wildman–Crippen MR) is 65.0 cm³/mol. The first-order valence-electron chi connectivity index (χ1n) is 5.83. The molecule has 1 rings (SSSR count). The second-order valence-corrected chi connectivity index (χ2v) is 3.72. The molecule has 2 N–H and O–H groups in total. The van der Waals surface area contributed by atoms with Gasteiger partial charge in [-0.05, 0) is 12.8 Å². The van der Waals surface area contributed by atoms with Crippen LogP contribution >= 0.6 is 0 Å². The monoisotopic (exact) mass is 240 g/mol. The highest BCUT2D eigenvalue weighted by Gasteiger charge is 2.11. The van der Waals surface area contributed by atoms with Crippen LogP contribution in [0.2, 0.25) is 0 Å². The van der Waals surface area contributed by atoms with E-state index < -0.39 is 0 Å². The van der Waals surface area contributed by atoms with Crippen molar-refractivity contribution >= 4 is 5.95 Å². The largest absolute Gasteiger partial charge is 0.394 e. The van der Waals surface area contributed by atoms with E-state index in [9.17, 15) is 0 Å². The summed E-state index contributed by atoms with van der Waals surface area (Å²) >= 11 is 0. The van der Waals surface area contributed by atoms with Crippen LogP contribution in [0.4, 0.5) is 5.95 Å². The lowest BCUT2D eigenvalue weighted by molar-refractivity contribution is 0.153. The smallest absolute Gasteiger partial charge is 0.243 e. The summed E-state index contributed by atoms with van der Waals surface area (Å²) in [7, 11) is 1.58. The van der Waals surface area contributed by atoms with Crippen molar-refractivity contribution < 1.29 is 9.84 Å². The number of rotatable bonds is 7. The van der Waals surface area contributed by atoms with Gasteiger partial charge in [0.25, 0.3) is 0 Å². The summed E-state index contributed by atoms with van der Waals surface area (Å²) in [4.78, 5) is 4.38. The van der Waals surface area contributed by atoms with E-state index in [4.69, 9.17) is 9.84 Å². The molecule has 6 nitrogen and oxygen atoms in total. The van der Waals surface area contributed by atoms with Gasteiger partial charge in [0.05, 0.1) is 30.6 Å². The highest BCUT2D eigenvalue weighted by atomic mass is 16.5. The van der Waals surface area contributed by atoms with E-state index in [1.165, 1.54) is 0 Å². The molecule has 0 aromatic carbocycles. The zero-order valence-electron chi connectivity index (χ0n) is 10.6. The Morgan fingerprint density at radius 3 is 2.47 bits per heavy atom. The van der Waals surface area contributed by atoms with Crippen LogP contribution in [0.25, 0.3) is 0 Å². The molecule has 0 amide bonds. The number of nitrogens with zero attached hydrogens (tertiary/aromatic N) is 3. The topological polar surface area (TPSA) is 80.2 Å². The molecule has 1 aromatic rings. The molecule has 1 aromatic heterocycles. The number of hydrogen-bond acceptors (Lipinski definition) is 6. The maximum absolute atomic E-state index is 9.13.